The zero-order chi connectivity index (χ0) is 27.9. The van der Waals surface area contributed by atoms with Gasteiger partial charge in [0.2, 0.25) is 0 Å². The molecule has 0 amide bonds. The second-order valence-corrected chi connectivity index (χ2v) is 14.1. The molecule has 1 unspecified atom stereocenters. The van der Waals surface area contributed by atoms with E-state index >= 15 is 0 Å². The van der Waals surface area contributed by atoms with Crippen LogP contribution in [0.5, 0.6) is 0 Å². The molecule has 0 bridgehead atoms. The highest BCUT2D eigenvalue weighted by Gasteiger charge is 2.61. The Kier molecular flexibility index (Phi) is 8.68. The molecular formula is C27H44NO9P. The van der Waals surface area contributed by atoms with Crippen molar-refractivity contribution in [3.05, 3.63) is 0 Å². The lowest BCUT2D eigenvalue weighted by Crippen LogP contribution is -2.54. The number of rotatable bonds is 9. The zero-order valence-corrected chi connectivity index (χ0v) is 24.2. The molecule has 0 aromatic carbocycles. The van der Waals surface area contributed by atoms with E-state index in [1.807, 2.05) is 0 Å². The Hall–Kier alpha value is -1.48. The second kappa shape index (κ2) is 11.2. The van der Waals surface area contributed by atoms with Gasteiger partial charge in [-0.25, -0.2) is 14.2 Å². The highest BCUT2D eigenvalue weighted by atomic mass is 31.2. The van der Waals surface area contributed by atoms with Crippen LogP contribution in [-0.4, -0.2) is 41.8 Å². The Bertz CT molecular complexity index is 974. The smallest absolute Gasteiger partial charge is 0.480 e. The number of carboxylic acids is 1. The minimum absolute atomic E-state index is 0.00532. The monoisotopic (exact) mass is 557 g/mol. The van der Waals surface area contributed by atoms with Crippen LogP contribution < -0.4 is 5.09 Å². The number of hydrogen-bond acceptors (Lipinski definition) is 8. The zero-order valence-electron chi connectivity index (χ0n) is 23.3. The molecule has 0 spiro atoms. The lowest BCUT2D eigenvalue weighted by Gasteiger charge is -2.61. The molecule has 0 aromatic rings. The van der Waals surface area contributed by atoms with Crippen LogP contribution in [0.4, 0.5) is 4.79 Å². The van der Waals surface area contributed by atoms with Gasteiger partial charge in [0.15, 0.2) is 0 Å². The first-order valence-corrected chi connectivity index (χ1v) is 15.7. The van der Waals surface area contributed by atoms with Crippen molar-refractivity contribution in [3.63, 3.8) is 0 Å². The Balaban J connectivity index is 1.40. The first-order chi connectivity index (χ1) is 17.8. The number of ketones is 1. The summed E-state index contributed by atoms with van der Waals surface area (Å²) in [6, 6.07) is -1.31. The molecule has 2 N–H and O–H groups in total. The minimum Gasteiger partial charge on any atom is -0.480 e. The molecule has 10 nitrogen and oxygen atoms in total. The number of carbonyl (C=O) groups is 3. The first kappa shape index (κ1) is 29.5. The number of hydrogen-bond donors (Lipinski definition) is 2. The molecule has 0 radical (unpaired) electrons. The van der Waals surface area contributed by atoms with Gasteiger partial charge < -0.3 is 14.4 Å². The summed E-state index contributed by atoms with van der Waals surface area (Å²) < 4.78 is 27.8. The van der Waals surface area contributed by atoms with Crippen LogP contribution in [0.1, 0.15) is 92.4 Å². The predicted octanol–water partition coefficient (Wildman–Crippen LogP) is 5.90. The van der Waals surface area contributed by atoms with Gasteiger partial charge in [0.1, 0.15) is 11.8 Å². The van der Waals surface area contributed by atoms with Gasteiger partial charge in [-0.15, -0.1) is 4.67 Å². The standard InChI is InChI=1S/C27H44NO9P/c1-6-34-25(32)36-38(33,28-16(2)24(30)31)37-35-19-11-13-26(4)18(15-19)7-8-20-22-10-9-21(17(3)29)27(22,5)14-12-23(20)26/h16,18-23H,6-15H2,1-5H3,(H,28,33)(H,30,31)/t16?,18-,19+,20-,21+,22-,23-,26-,27+,38-/m0/s1. The second-order valence-electron chi connectivity index (χ2n) is 12.5. The van der Waals surface area contributed by atoms with E-state index in [0.717, 1.165) is 51.4 Å². The third-order valence-electron chi connectivity index (χ3n) is 10.6. The van der Waals surface area contributed by atoms with E-state index in [-0.39, 0.29) is 29.5 Å². The van der Waals surface area contributed by atoms with Crippen molar-refractivity contribution in [3.8, 4) is 0 Å². The van der Waals surface area contributed by atoms with Crippen molar-refractivity contribution in [2.24, 2.45) is 40.4 Å². The third-order valence-corrected chi connectivity index (χ3v) is 11.9. The molecule has 4 saturated carbocycles. The summed E-state index contributed by atoms with van der Waals surface area (Å²) in [5.41, 5.74) is 0.296. The maximum Gasteiger partial charge on any atom is 0.515 e. The van der Waals surface area contributed by atoms with E-state index in [9.17, 15) is 24.1 Å². The SMILES string of the molecule is CCOC(=O)O[P@@](=O)(NC(C)C(=O)O)OO[C@@H]1CC[C@@]2(C)[C@@H](CC[C@@H]3[C@@H]2CC[C@]2(C)[C@@H](C(C)=O)CC[C@@H]32)C1. The van der Waals surface area contributed by atoms with Crippen molar-refractivity contribution in [2.75, 3.05) is 6.61 Å². The van der Waals surface area contributed by atoms with Crippen LogP contribution in [0.3, 0.4) is 0 Å². The van der Waals surface area contributed by atoms with E-state index in [4.69, 9.17) is 14.1 Å². The summed E-state index contributed by atoms with van der Waals surface area (Å²) in [7, 11) is -4.45. The quantitative estimate of drug-likeness (QED) is 0.153. The number of carboxylic acid groups (broad SMARTS) is 1. The third kappa shape index (κ3) is 5.56. The summed E-state index contributed by atoms with van der Waals surface area (Å²) in [6.45, 7) is 9.35. The number of nitrogens with one attached hydrogen (secondary N) is 1. The lowest BCUT2D eigenvalue weighted by atomic mass is 9.44. The molecular weight excluding hydrogens is 513 g/mol. The van der Waals surface area contributed by atoms with Gasteiger partial charge in [0, 0.05) is 5.92 Å². The predicted molar refractivity (Wildman–Crippen MR) is 138 cm³/mol. The molecule has 4 rings (SSSR count). The fourth-order valence-corrected chi connectivity index (χ4v) is 9.88. The number of aliphatic carboxylic acids is 1. The molecule has 4 fully saturated rings. The van der Waals surface area contributed by atoms with Gasteiger partial charge >= 0.3 is 19.9 Å². The highest BCUT2D eigenvalue weighted by molar-refractivity contribution is 7.52. The molecule has 0 aliphatic heterocycles. The van der Waals surface area contributed by atoms with E-state index in [2.05, 4.69) is 23.7 Å². The van der Waals surface area contributed by atoms with Gasteiger partial charge in [-0.3, -0.25) is 9.59 Å². The summed E-state index contributed by atoms with van der Waals surface area (Å²) in [5.74, 6) is 1.55. The average Bonchev–Trinajstić information content (AvgIpc) is 3.20. The maximum atomic E-state index is 13.1. The Morgan fingerprint density at radius 1 is 1.03 bits per heavy atom. The Labute approximate surface area is 225 Å². The fraction of sp³-hybridized carbons (Fsp3) is 0.889. The van der Waals surface area contributed by atoms with Gasteiger partial charge in [-0.2, -0.15) is 5.09 Å². The maximum absolute atomic E-state index is 13.1. The van der Waals surface area contributed by atoms with Crippen molar-refractivity contribution >= 4 is 25.7 Å². The average molecular weight is 558 g/mol. The number of ether oxygens (including phenoxy) is 1. The van der Waals surface area contributed by atoms with Crippen LogP contribution in [-0.2, 0) is 33.0 Å². The van der Waals surface area contributed by atoms with Crippen molar-refractivity contribution in [2.45, 2.75) is 105 Å². The summed E-state index contributed by atoms with van der Waals surface area (Å²) in [4.78, 5) is 41.1. The van der Waals surface area contributed by atoms with E-state index in [1.54, 1.807) is 13.8 Å². The van der Waals surface area contributed by atoms with Crippen LogP contribution in [0.15, 0.2) is 0 Å². The number of fused-ring (bicyclic) bond motifs is 5. The van der Waals surface area contributed by atoms with E-state index in [0.29, 0.717) is 35.9 Å². The van der Waals surface area contributed by atoms with E-state index < -0.39 is 25.9 Å². The summed E-state index contributed by atoms with van der Waals surface area (Å²) >= 11 is 0. The molecule has 10 atom stereocenters. The Morgan fingerprint density at radius 2 is 1.71 bits per heavy atom. The molecule has 0 aromatic heterocycles. The molecule has 4 aliphatic carbocycles. The topological polar surface area (TPSA) is 137 Å². The minimum atomic E-state index is -4.45. The Morgan fingerprint density at radius 3 is 2.37 bits per heavy atom. The largest absolute Gasteiger partial charge is 0.515 e. The van der Waals surface area contributed by atoms with Crippen molar-refractivity contribution in [1.29, 1.82) is 0 Å². The molecule has 216 valence electrons. The van der Waals surface area contributed by atoms with Crippen LogP contribution in [0, 0.1) is 40.4 Å². The molecule has 4 aliphatic rings. The number of Topliss-reactive ketones (excluding diaryl/α,β-unsaturated/α-hetero) is 1. The van der Waals surface area contributed by atoms with Gasteiger partial charge in [-0.1, -0.05) is 13.8 Å². The fourth-order valence-electron chi connectivity index (χ4n) is 8.69. The van der Waals surface area contributed by atoms with Crippen LogP contribution in [0.2, 0.25) is 0 Å². The first-order valence-electron chi connectivity index (χ1n) is 14.2. The van der Waals surface area contributed by atoms with Crippen molar-refractivity contribution in [1.82, 2.24) is 5.09 Å². The summed E-state index contributed by atoms with van der Waals surface area (Å²) in [6.07, 6.45) is 7.42. The highest BCUT2D eigenvalue weighted by Crippen LogP contribution is 2.67. The van der Waals surface area contributed by atoms with Crippen molar-refractivity contribution < 1.29 is 42.9 Å². The summed E-state index contributed by atoms with van der Waals surface area (Å²) in [5, 5.41) is 11.4. The normalized spacial score (nSPS) is 40.6. The van der Waals surface area contributed by atoms with Gasteiger partial charge in [0.05, 0.1) is 12.7 Å². The van der Waals surface area contributed by atoms with E-state index in [1.165, 1.54) is 6.92 Å². The molecule has 38 heavy (non-hydrogen) atoms. The van der Waals surface area contributed by atoms with Crippen LogP contribution in [0.25, 0.3) is 0 Å². The van der Waals surface area contributed by atoms with Crippen LogP contribution >= 0.6 is 7.75 Å². The molecule has 11 heteroatoms. The van der Waals surface area contributed by atoms with Gasteiger partial charge in [-0.05, 0) is 113 Å². The lowest BCUT2D eigenvalue weighted by molar-refractivity contribution is -0.272. The molecule has 0 saturated heterocycles. The molecule has 0 heterocycles. The van der Waals surface area contributed by atoms with Gasteiger partial charge in [0.25, 0.3) is 0 Å². The number of carbonyl (C=O) groups excluding carboxylic acids is 2.